The van der Waals surface area contributed by atoms with Crippen LogP contribution in [-0.2, 0) is 0 Å². The van der Waals surface area contributed by atoms with E-state index in [1.165, 1.54) is 18.4 Å². The van der Waals surface area contributed by atoms with Gasteiger partial charge in [0.2, 0.25) is 0 Å². The maximum atomic E-state index is 9.13. The lowest BCUT2D eigenvalue weighted by Gasteiger charge is -2.22. The van der Waals surface area contributed by atoms with Crippen molar-refractivity contribution in [3.05, 3.63) is 29.8 Å². The molecule has 1 aromatic rings. The first kappa shape index (κ1) is 12.4. The molecule has 1 aliphatic carbocycles. The second kappa shape index (κ2) is 5.52. The van der Waals surface area contributed by atoms with E-state index >= 15 is 0 Å². The number of aliphatic hydroxyl groups is 1. The van der Waals surface area contributed by atoms with Gasteiger partial charge in [-0.05, 0) is 43.4 Å². The molecular formula is C14H21NO2. The summed E-state index contributed by atoms with van der Waals surface area (Å²) >= 11 is 0. The van der Waals surface area contributed by atoms with Crippen LogP contribution in [-0.4, -0.2) is 24.9 Å². The fraction of sp³-hybridized carbons (Fsp3) is 0.571. The van der Waals surface area contributed by atoms with Gasteiger partial charge in [0, 0.05) is 12.1 Å². The first-order chi connectivity index (χ1) is 8.24. The van der Waals surface area contributed by atoms with Crippen molar-refractivity contribution in [3.63, 3.8) is 0 Å². The molecule has 0 heterocycles. The van der Waals surface area contributed by atoms with Gasteiger partial charge in [0.1, 0.15) is 5.75 Å². The maximum absolute atomic E-state index is 9.13. The van der Waals surface area contributed by atoms with Gasteiger partial charge in [0.15, 0.2) is 0 Å². The summed E-state index contributed by atoms with van der Waals surface area (Å²) in [6, 6.07) is 8.72. The Morgan fingerprint density at radius 2 is 2.00 bits per heavy atom. The molecule has 94 valence electrons. The fourth-order valence-electron chi connectivity index (χ4n) is 2.10. The predicted molar refractivity (Wildman–Crippen MR) is 68.1 cm³/mol. The SMILES string of the molecule is COc1ccc(C(NC(C)CO)C2CC2)cc1. The van der Waals surface area contributed by atoms with Crippen LogP contribution in [0.4, 0.5) is 0 Å². The van der Waals surface area contributed by atoms with Crippen LogP contribution >= 0.6 is 0 Å². The molecule has 0 saturated heterocycles. The summed E-state index contributed by atoms with van der Waals surface area (Å²) < 4.78 is 5.17. The molecule has 0 radical (unpaired) electrons. The van der Waals surface area contributed by atoms with Crippen molar-refractivity contribution < 1.29 is 9.84 Å². The largest absolute Gasteiger partial charge is 0.497 e. The molecule has 3 heteroatoms. The third-order valence-electron chi connectivity index (χ3n) is 3.31. The highest BCUT2D eigenvalue weighted by molar-refractivity contribution is 5.30. The van der Waals surface area contributed by atoms with Crippen molar-refractivity contribution in [2.24, 2.45) is 5.92 Å². The highest BCUT2D eigenvalue weighted by Gasteiger charge is 2.32. The summed E-state index contributed by atoms with van der Waals surface area (Å²) in [7, 11) is 1.68. The number of hydrogen-bond acceptors (Lipinski definition) is 3. The third-order valence-corrected chi connectivity index (χ3v) is 3.31. The molecule has 0 aromatic heterocycles. The Labute approximate surface area is 103 Å². The first-order valence-electron chi connectivity index (χ1n) is 6.25. The second-order valence-electron chi connectivity index (χ2n) is 4.84. The highest BCUT2D eigenvalue weighted by Crippen LogP contribution is 2.41. The number of hydrogen-bond donors (Lipinski definition) is 2. The highest BCUT2D eigenvalue weighted by atomic mass is 16.5. The number of nitrogens with one attached hydrogen (secondary N) is 1. The Morgan fingerprint density at radius 3 is 2.47 bits per heavy atom. The predicted octanol–water partition coefficient (Wildman–Crippen LogP) is 2.12. The van der Waals surface area contributed by atoms with Gasteiger partial charge in [-0.2, -0.15) is 0 Å². The summed E-state index contributed by atoms with van der Waals surface area (Å²) in [5.74, 6) is 1.61. The molecule has 0 aliphatic heterocycles. The van der Waals surface area contributed by atoms with E-state index in [4.69, 9.17) is 9.84 Å². The second-order valence-corrected chi connectivity index (χ2v) is 4.84. The van der Waals surface area contributed by atoms with E-state index in [1.807, 2.05) is 19.1 Å². The molecule has 1 saturated carbocycles. The van der Waals surface area contributed by atoms with Crippen LogP contribution in [0.3, 0.4) is 0 Å². The lowest BCUT2D eigenvalue weighted by molar-refractivity contribution is 0.236. The van der Waals surface area contributed by atoms with Gasteiger partial charge in [0.05, 0.1) is 13.7 Å². The van der Waals surface area contributed by atoms with Crippen LogP contribution in [0.5, 0.6) is 5.75 Å². The Kier molecular flexibility index (Phi) is 4.02. The number of rotatable bonds is 6. The standard InChI is InChI=1S/C14H21NO2/c1-10(9-16)15-14(11-3-4-11)12-5-7-13(17-2)8-6-12/h5-8,10-11,14-16H,3-4,9H2,1-2H3. The van der Waals surface area contributed by atoms with Gasteiger partial charge in [-0.25, -0.2) is 0 Å². The van der Waals surface area contributed by atoms with Crippen LogP contribution < -0.4 is 10.1 Å². The molecule has 0 spiro atoms. The van der Waals surface area contributed by atoms with E-state index in [2.05, 4.69) is 17.4 Å². The van der Waals surface area contributed by atoms with Crippen molar-refractivity contribution in [1.29, 1.82) is 0 Å². The van der Waals surface area contributed by atoms with Crippen LogP contribution in [0.15, 0.2) is 24.3 Å². The molecule has 2 N–H and O–H groups in total. The zero-order valence-corrected chi connectivity index (χ0v) is 10.5. The van der Waals surface area contributed by atoms with Gasteiger partial charge >= 0.3 is 0 Å². The number of aliphatic hydroxyl groups excluding tert-OH is 1. The monoisotopic (exact) mass is 235 g/mol. The van der Waals surface area contributed by atoms with E-state index in [1.54, 1.807) is 7.11 Å². The summed E-state index contributed by atoms with van der Waals surface area (Å²) in [5.41, 5.74) is 1.29. The minimum Gasteiger partial charge on any atom is -0.497 e. The van der Waals surface area contributed by atoms with Crippen molar-refractivity contribution in [1.82, 2.24) is 5.32 Å². The van der Waals surface area contributed by atoms with Crippen LogP contribution in [0.1, 0.15) is 31.4 Å². The number of benzene rings is 1. The zero-order valence-electron chi connectivity index (χ0n) is 10.5. The lowest BCUT2D eigenvalue weighted by Crippen LogP contribution is -2.34. The van der Waals surface area contributed by atoms with Crippen LogP contribution in [0.25, 0.3) is 0 Å². The molecule has 2 rings (SSSR count). The molecule has 1 fully saturated rings. The zero-order chi connectivity index (χ0) is 12.3. The summed E-state index contributed by atoms with van der Waals surface area (Å²) in [4.78, 5) is 0. The maximum Gasteiger partial charge on any atom is 0.118 e. The van der Waals surface area contributed by atoms with Gasteiger partial charge in [-0.1, -0.05) is 12.1 Å². The Morgan fingerprint density at radius 1 is 1.35 bits per heavy atom. The van der Waals surface area contributed by atoms with Crippen LogP contribution in [0.2, 0.25) is 0 Å². The molecule has 2 atom stereocenters. The Hall–Kier alpha value is -1.06. The van der Waals surface area contributed by atoms with Gasteiger partial charge in [-0.3, -0.25) is 0 Å². The molecule has 3 nitrogen and oxygen atoms in total. The number of ether oxygens (including phenoxy) is 1. The quantitative estimate of drug-likeness (QED) is 0.793. The molecule has 0 bridgehead atoms. The minimum atomic E-state index is 0.141. The smallest absolute Gasteiger partial charge is 0.118 e. The van der Waals surface area contributed by atoms with E-state index in [9.17, 15) is 0 Å². The molecule has 1 aliphatic rings. The molecule has 2 unspecified atom stereocenters. The van der Waals surface area contributed by atoms with Crippen LogP contribution in [0, 0.1) is 5.92 Å². The third kappa shape index (κ3) is 3.20. The minimum absolute atomic E-state index is 0.141. The van der Waals surface area contributed by atoms with E-state index in [0.717, 1.165) is 11.7 Å². The topological polar surface area (TPSA) is 41.5 Å². The van der Waals surface area contributed by atoms with Gasteiger partial charge in [0.25, 0.3) is 0 Å². The Bertz CT molecular complexity index is 346. The summed E-state index contributed by atoms with van der Waals surface area (Å²) in [6.45, 7) is 2.19. The van der Waals surface area contributed by atoms with Crippen molar-refractivity contribution in [2.75, 3.05) is 13.7 Å². The van der Waals surface area contributed by atoms with Crippen molar-refractivity contribution >= 4 is 0 Å². The van der Waals surface area contributed by atoms with Gasteiger partial charge in [-0.15, -0.1) is 0 Å². The molecule has 0 amide bonds. The molecule has 17 heavy (non-hydrogen) atoms. The summed E-state index contributed by atoms with van der Waals surface area (Å²) in [6.07, 6.45) is 2.56. The van der Waals surface area contributed by atoms with E-state index in [0.29, 0.717) is 6.04 Å². The normalized spacial score (nSPS) is 18.8. The van der Waals surface area contributed by atoms with Gasteiger partial charge < -0.3 is 15.2 Å². The Balaban J connectivity index is 2.08. The lowest BCUT2D eigenvalue weighted by atomic mass is 10.0. The fourth-order valence-corrected chi connectivity index (χ4v) is 2.10. The van der Waals surface area contributed by atoms with Crippen molar-refractivity contribution in [3.8, 4) is 5.75 Å². The first-order valence-corrected chi connectivity index (χ1v) is 6.25. The van der Waals surface area contributed by atoms with E-state index in [-0.39, 0.29) is 12.6 Å². The molecule has 1 aromatic carbocycles. The molecular weight excluding hydrogens is 214 g/mol. The van der Waals surface area contributed by atoms with Crippen molar-refractivity contribution in [2.45, 2.75) is 31.8 Å². The summed E-state index contributed by atoms with van der Waals surface area (Å²) in [5, 5.41) is 12.6. The average Bonchev–Trinajstić information content (AvgIpc) is 3.20. The average molecular weight is 235 g/mol. The number of methoxy groups -OCH3 is 1. The van der Waals surface area contributed by atoms with E-state index < -0.39 is 0 Å².